The summed E-state index contributed by atoms with van der Waals surface area (Å²) in [4.78, 5) is 1.27. The molecule has 0 spiro atoms. The molecule has 0 saturated carbocycles. The Hall–Kier alpha value is -0.950. The van der Waals surface area contributed by atoms with Crippen molar-refractivity contribution in [2.24, 2.45) is 0 Å². The maximum Gasteiger partial charge on any atom is 0.213 e. The molecule has 0 unspecified atom stereocenters. The number of sulfonamides is 1. The Morgan fingerprint density at radius 3 is 2.50 bits per heavy atom. The normalized spacial score (nSPS) is 11.8. The molecule has 0 fully saturated rings. The quantitative estimate of drug-likeness (QED) is 0.606. The third-order valence-electron chi connectivity index (χ3n) is 1.21. The molecule has 0 aliphatic heterocycles. The second-order valence-corrected chi connectivity index (χ2v) is 3.94. The Labute approximate surface area is 70.6 Å². The van der Waals surface area contributed by atoms with Crippen LogP contribution in [0.1, 0.15) is 0 Å². The van der Waals surface area contributed by atoms with Gasteiger partial charge in [0.05, 0.1) is 31.7 Å². The van der Waals surface area contributed by atoms with Crippen LogP contribution in [-0.2, 0) is 16.6 Å². The van der Waals surface area contributed by atoms with Crippen LogP contribution in [-0.4, -0.2) is 29.2 Å². The van der Waals surface area contributed by atoms with Crippen molar-refractivity contribution in [3.05, 3.63) is 19.4 Å². The minimum absolute atomic E-state index is 0.127. The van der Waals surface area contributed by atoms with E-state index in [1.807, 2.05) is 0 Å². The maximum atomic E-state index is 10.8. The minimum Gasteiger partial charge on any atom is -0.212 e. The van der Waals surface area contributed by atoms with Gasteiger partial charge in [0, 0.05) is 0 Å². The van der Waals surface area contributed by atoms with E-state index >= 15 is 0 Å². The molecular formula is C5H8N4O2S. The van der Waals surface area contributed by atoms with Crippen molar-refractivity contribution in [1.82, 2.24) is 19.7 Å². The summed E-state index contributed by atoms with van der Waals surface area (Å²) in [7, 11) is 1.39. The van der Waals surface area contributed by atoms with Crippen LogP contribution in [0.3, 0.4) is 0 Å². The molecule has 7 heteroatoms. The SMILES string of the molecule is [CH]NS(=O)(=O)CCn1nccn1. The van der Waals surface area contributed by atoms with Crippen molar-refractivity contribution in [2.75, 3.05) is 5.75 Å². The van der Waals surface area contributed by atoms with Gasteiger partial charge in [-0.25, -0.2) is 13.1 Å². The summed E-state index contributed by atoms with van der Waals surface area (Å²) >= 11 is 0. The summed E-state index contributed by atoms with van der Waals surface area (Å²) in [5, 5.41) is 7.45. The van der Waals surface area contributed by atoms with Gasteiger partial charge in [0.1, 0.15) is 0 Å². The first-order chi connectivity index (χ1) is 5.64. The van der Waals surface area contributed by atoms with E-state index in [2.05, 4.69) is 10.2 Å². The lowest BCUT2D eigenvalue weighted by atomic mass is 10.8. The van der Waals surface area contributed by atoms with E-state index < -0.39 is 10.0 Å². The van der Waals surface area contributed by atoms with E-state index in [0.29, 0.717) is 0 Å². The number of hydrogen-bond donors (Lipinski definition) is 1. The predicted octanol–water partition coefficient (Wildman–Crippen LogP) is -1.13. The summed E-state index contributed by atoms with van der Waals surface area (Å²) in [6.07, 6.45) is 2.95. The molecule has 12 heavy (non-hydrogen) atoms. The molecular weight excluding hydrogens is 180 g/mol. The largest absolute Gasteiger partial charge is 0.213 e. The maximum absolute atomic E-state index is 10.8. The van der Waals surface area contributed by atoms with E-state index in [4.69, 9.17) is 7.05 Å². The molecule has 0 aliphatic carbocycles. The van der Waals surface area contributed by atoms with E-state index in [1.165, 1.54) is 17.2 Å². The highest BCUT2D eigenvalue weighted by Gasteiger charge is 2.06. The van der Waals surface area contributed by atoms with Gasteiger partial charge < -0.3 is 0 Å². The smallest absolute Gasteiger partial charge is 0.212 e. The van der Waals surface area contributed by atoms with Crippen molar-refractivity contribution in [3.8, 4) is 0 Å². The molecule has 1 aromatic heterocycles. The zero-order valence-corrected chi connectivity index (χ0v) is 7.03. The van der Waals surface area contributed by atoms with Gasteiger partial charge in [-0.15, -0.1) is 0 Å². The summed E-state index contributed by atoms with van der Waals surface area (Å²) in [6, 6.07) is 0. The second-order valence-electron chi connectivity index (χ2n) is 2.06. The fraction of sp³-hybridized carbons (Fsp3) is 0.400. The van der Waals surface area contributed by atoms with Gasteiger partial charge in [0.2, 0.25) is 10.0 Å². The number of hydrogen-bond acceptors (Lipinski definition) is 4. The second kappa shape index (κ2) is 3.63. The monoisotopic (exact) mass is 188 g/mol. The molecule has 2 radical (unpaired) electrons. The Balaban J connectivity index is 2.47. The van der Waals surface area contributed by atoms with Crippen molar-refractivity contribution in [3.63, 3.8) is 0 Å². The zero-order chi connectivity index (χ0) is 9.03. The third-order valence-corrected chi connectivity index (χ3v) is 2.29. The number of rotatable bonds is 4. The average molecular weight is 188 g/mol. The third kappa shape index (κ3) is 2.59. The molecule has 1 aromatic rings. The van der Waals surface area contributed by atoms with Gasteiger partial charge in [0.25, 0.3) is 0 Å². The number of aromatic nitrogens is 3. The summed E-state index contributed by atoms with van der Waals surface area (Å²) < 4.78 is 23.3. The van der Waals surface area contributed by atoms with Gasteiger partial charge in [-0.2, -0.15) is 15.0 Å². The first-order valence-electron chi connectivity index (χ1n) is 3.18. The van der Waals surface area contributed by atoms with E-state index in [0.717, 1.165) is 0 Å². The van der Waals surface area contributed by atoms with Crippen molar-refractivity contribution in [2.45, 2.75) is 6.54 Å². The van der Waals surface area contributed by atoms with Gasteiger partial charge in [-0.1, -0.05) is 0 Å². The number of nitrogens with one attached hydrogen (secondary N) is 1. The highest BCUT2D eigenvalue weighted by atomic mass is 32.2. The predicted molar refractivity (Wildman–Crippen MR) is 41.2 cm³/mol. The molecule has 1 rings (SSSR count). The molecule has 1 heterocycles. The summed E-state index contributed by atoms with van der Waals surface area (Å²) in [5.41, 5.74) is 0. The minimum atomic E-state index is -3.37. The number of aryl methyl sites for hydroxylation is 1. The summed E-state index contributed by atoms with van der Waals surface area (Å²) in [6.45, 7) is 0.194. The zero-order valence-electron chi connectivity index (χ0n) is 6.21. The molecule has 0 aromatic carbocycles. The lowest BCUT2D eigenvalue weighted by molar-refractivity contribution is 0.546. The van der Waals surface area contributed by atoms with Crippen LogP contribution in [0.5, 0.6) is 0 Å². The van der Waals surface area contributed by atoms with E-state index in [9.17, 15) is 8.42 Å². The van der Waals surface area contributed by atoms with Crippen LogP contribution in [0.4, 0.5) is 0 Å². The van der Waals surface area contributed by atoms with Crippen LogP contribution in [0.2, 0.25) is 0 Å². The van der Waals surface area contributed by atoms with Crippen LogP contribution in [0.15, 0.2) is 12.4 Å². The van der Waals surface area contributed by atoms with Gasteiger partial charge in [-0.05, 0) is 0 Å². The van der Waals surface area contributed by atoms with Crippen molar-refractivity contribution < 1.29 is 8.42 Å². The van der Waals surface area contributed by atoms with Crippen LogP contribution >= 0.6 is 0 Å². The Morgan fingerprint density at radius 2 is 2.00 bits per heavy atom. The van der Waals surface area contributed by atoms with E-state index in [-0.39, 0.29) is 12.3 Å². The Morgan fingerprint density at radius 1 is 1.42 bits per heavy atom. The van der Waals surface area contributed by atoms with Crippen LogP contribution in [0, 0.1) is 7.05 Å². The fourth-order valence-corrected chi connectivity index (χ4v) is 1.14. The Kier molecular flexibility index (Phi) is 2.77. The molecule has 66 valence electrons. The molecule has 0 amide bonds. The van der Waals surface area contributed by atoms with Gasteiger partial charge in [0.15, 0.2) is 0 Å². The fourth-order valence-electron chi connectivity index (χ4n) is 0.620. The standard InChI is InChI=1S/C5H8N4O2S/c1-6-12(10,11)5-4-9-7-2-3-8-9/h1-3,6H,4-5H2. The van der Waals surface area contributed by atoms with Crippen LogP contribution < -0.4 is 4.72 Å². The first kappa shape index (κ1) is 9.14. The summed E-state index contributed by atoms with van der Waals surface area (Å²) in [5.74, 6) is -0.127. The highest BCUT2D eigenvalue weighted by molar-refractivity contribution is 7.89. The molecule has 1 N–H and O–H groups in total. The lowest BCUT2D eigenvalue weighted by Gasteiger charge is -2.00. The van der Waals surface area contributed by atoms with Gasteiger partial charge >= 0.3 is 0 Å². The first-order valence-corrected chi connectivity index (χ1v) is 4.83. The molecule has 6 nitrogen and oxygen atoms in total. The van der Waals surface area contributed by atoms with Crippen molar-refractivity contribution in [1.29, 1.82) is 0 Å². The topological polar surface area (TPSA) is 76.9 Å². The van der Waals surface area contributed by atoms with E-state index in [1.54, 1.807) is 4.72 Å². The number of nitrogens with zero attached hydrogens (tertiary/aromatic N) is 3. The molecule has 0 atom stereocenters. The molecule has 0 saturated heterocycles. The van der Waals surface area contributed by atoms with Crippen LogP contribution in [0.25, 0.3) is 0 Å². The average Bonchev–Trinajstić information content (AvgIpc) is 2.53. The molecule has 0 bridgehead atoms. The molecule has 0 aliphatic rings. The van der Waals surface area contributed by atoms with Gasteiger partial charge in [-0.3, -0.25) is 0 Å². The lowest BCUT2D eigenvalue weighted by Crippen LogP contribution is -2.23. The highest BCUT2D eigenvalue weighted by Crippen LogP contribution is 1.85. The Bertz CT molecular complexity index is 317. The van der Waals surface area contributed by atoms with Crippen molar-refractivity contribution >= 4 is 10.0 Å².